The fraction of sp³-hybridized carbons (Fsp3) is 0.667. The maximum Gasteiger partial charge on any atom is 0.146 e. The SMILES string of the molecule is CCc1nc(C2CCCCC2)nc(Cl)c1I. The van der Waals surface area contributed by atoms with Crippen molar-refractivity contribution in [2.75, 3.05) is 0 Å². The van der Waals surface area contributed by atoms with E-state index in [0.29, 0.717) is 11.1 Å². The van der Waals surface area contributed by atoms with Crippen molar-refractivity contribution in [3.05, 3.63) is 20.2 Å². The highest BCUT2D eigenvalue weighted by atomic mass is 127. The average Bonchev–Trinajstić information content (AvgIpc) is 2.33. The van der Waals surface area contributed by atoms with Gasteiger partial charge in [0.2, 0.25) is 0 Å². The molecule has 0 bridgehead atoms. The molecule has 0 unspecified atom stereocenters. The van der Waals surface area contributed by atoms with E-state index in [1.54, 1.807) is 0 Å². The first-order valence-corrected chi connectivity index (χ1v) is 7.39. The Bertz CT molecular complexity index is 376. The summed E-state index contributed by atoms with van der Waals surface area (Å²) in [4.78, 5) is 9.12. The van der Waals surface area contributed by atoms with E-state index in [4.69, 9.17) is 11.6 Å². The molecule has 2 nitrogen and oxygen atoms in total. The van der Waals surface area contributed by atoms with Gasteiger partial charge in [-0.2, -0.15) is 0 Å². The van der Waals surface area contributed by atoms with E-state index in [1.807, 2.05) is 0 Å². The van der Waals surface area contributed by atoms with Crippen LogP contribution in [0.3, 0.4) is 0 Å². The molecule has 0 spiro atoms. The van der Waals surface area contributed by atoms with E-state index < -0.39 is 0 Å². The van der Waals surface area contributed by atoms with Crippen LogP contribution in [0, 0.1) is 3.57 Å². The van der Waals surface area contributed by atoms with Crippen LogP contribution in [-0.2, 0) is 6.42 Å². The summed E-state index contributed by atoms with van der Waals surface area (Å²) < 4.78 is 1.02. The first kappa shape index (κ1) is 12.6. The highest BCUT2D eigenvalue weighted by Crippen LogP contribution is 2.32. The molecule has 0 radical (unpaired) electrons. The molecule has 1 aliphatic carbocycles. The Morgan fingerprint density at radius 3 is 2.56 bits per heavy atom. The fourth-order valence-corrected chi connectivity index (χ4v) is 3.08. The van der Waals surface area contributed by atoms with Crippen LogP contribution in [-0.4, -0.2) is 9.97 Å². The van der Waals surface area contributed by atoms with E-state index in [1.165, 1.54) is 32.1 Å². The number of hydrogen-bond donors (Lipinski definition) is 0. The van der Waals surface area contributed by atoms with Gasteiger partial charge in [0.25, 0.3) is 0 Å². The van der Waals surface area contributed by atoms with Crippen molar-refractivity contribution in [3.63, 3.8) is 0 Å². The molecule has 0 saturated heterocycles. The van der Waals surface area contributed by atoms with Gasteiger partial charge in [-0.15, -0.1) is 0 Å². The minimum Gasteiger partial charge on any atom is -0.236 e. The third kappa shape index (κ3) is 2.67. The Hall–Kier alpha value is 0.100. The van der Waals surface area contributed by atoms with Crippen LogP contribution in [0.15, 0.2) is 0 Å². The van der Waals surface area contributed by atoms with Crippen molar-refractivity contribution >= 4 is 34.2 Å². The van der Waals surface area contributed by atoms with Crippen molar-refractivity contribution in [2.24, 2.45) is 0 Å². The van der Waals surface area contributed by atoms with Crippen molar-refractivity contribution < 1.29 is 0 Å². The summed E-state index contributed by atoms with van der Waals surface area (Å²) in [5.41, 5.74) is 1.10. The molecule has 1 aromatic heterocycles. The highest BCUT2D eigenvalue weighted by molar-refractivity contribution is 14.1. The van der Waals surface area contributed by atoms with Crippen molar-refractivity contribution in [1.29, 1.82) is 0 Å². The van der Waals surface area contributed by atoms with Crippen molar-refractivity contribution in [1.82, 2.24) is 9.97 Å². The van der Waals surface area contributed by atoms with Crippen LogP contribution in [0.2, 0.25) is 5.15 Å². The van der Waals surface area contributed by atoms with E-state index in [0.717, 1.165) is 21.5 Å². The van der Waals surface area contributed by atoms with Gasteiger partial charge in [-0.3, -0.25) is 0 Å². The van der Waals surface area contributed by atoms with Gasteiger partial charge < -0.3 is 0 Å². The molecule has 0 aliphatic heterocycles. The molecule has 1 aliphatic rings. The second-order valence-electron chi connectivity index (χ2n) is 4.32. The van der Waals surface area contributed by atoms with Gasteiger partial charge in [0, 0.05) is 5.92 Å². The molecule has 0 aromatic carbocycles. The van der Waals surface area contributed by atoms with E-state index >= 15 is 0 Å². The third-order valence-electron chi connectivity index (χ3n) is 3.20. The third-order valence-corrected chi connectivity index (χ3v) is 4.93. The lowest BCUT2D eigenvalue weighted by atomic mass is 9.88. The van der Waals surface area contributed by atoms with Crippen LogP contribution in [0.4, 0.5) is 0 Å². The molecule has 88 valence electrons. The lowest BCUT2D eigenvalue weighted by Gasteiger charge is -2.21. The number of nitrogens with zero attached hydrogens (tertiary/aromatic N) is 2. The second kappa shape index (κ2) is 5.63. The Labute approximate surface area is 115 Å². The van der Waals surface area contributed by atoms with E-state index in [9.17, 15) is 0 Å². The molecule has 4 heteroatoms. The Morgan fingerprint density at radius 1 is 1.25 bits per heavy atom. The minimum absolute atomic E-state index is 0.536. The van der Waals surface area contributed by atoms with Gasteiger partial charge in [-0.25, -0.2) is 9.97 Å². The van der Waals surface area contributed by atoms with E-state index in [2.05, 4.69) is 39.5 Å². The standard InChI is InChI=1S/C12H16ClIN2/c1-2-9-10(14)11(13)16-12(15-9)8-6-4-3-5-7-8/h8H,2-7H2,1H3. The Balaban J connectivity index is 2.29. The molecular weight excluding hydrogens is 335 g/mol. The molecule has 0 atom stereocenters. The Morgan fingerprint density at radius 2 is 1.94 bits per heavy atom. The Kier molecular flexibility index (Phi) is 4.41. The fourth-order valence-electron chi connectivity index (χ4n) is 2.26. The zero-order chi connectivity index (χ0) is 11.5. The summed E-state index contributed by atoms with van der Waals surface area (Å²) in [6.45, 7) is 2.12. The summed E-state index contributed by atoms with van der Waals surface area (Å²) in [7, 11) is 0. The monoisotopic (exact) mass is 350 g/mol. The van der Waals surface area contributed by atoms with Crippen LogP contribution in [0.5, 0.6) is 0 Å². The summed E-state index contributed by atoms with van der Waals surface area (Å²) in [5.74, 6) is 1.51. The zero-order valence-corrected chi connectivity index (χ0v) is 12.4. The lowest BCUT2D eigenvalue weighted by molar-refractivity contribution is 0.427. The van der Waals surface area contributed by atoms with Gasteiger partial charge in [-0.05, 0) is 41.9 Å². The molecule has 1 heterocycles. The smallest absolute Gasteiger partial charge is 0.146 e. The van der Waals surface area contributed by atoms with Gasteiger partial charge >= 0.3 is 0 Å². The summed E-state index contributed by atoms with van der Waals surface area (Å²) in [6.07, 6.45) is 7.34. The first-order valence-electron chi connectivity index (χ1n) is 5.94. The topological polar surface area (TPSA) is 25.8 Å². The van der Waals surface area contributed by atoms with Gasteiger partial charge in [-0.1, -0.05) is 37.8 Å². The predicted molar refractivity (Wildman–Crippen MR) is 75.0 cm³/mol. The normalized spacial score (nSPS) is 17.7. The largest absolute Gasteiger partial charge is 0.236 e. The molecule has 1 fully saturated rings. The summed E-state index contributed by atoms with van der Waals surface area (Å²) >= 11 is 8.39. The maximum atomic E-state index is 6.16. The van der Waals surface area contributed by atoms with Gasteiger partial charge in [0.05, 0.1) is 9.26 Å². The number of halogens is 2. The van der Waals surface area contributed by atoms with Crippen molar-refractivity contribution in [3.8, 4) is 0 Å². The second-order valence-corrected chi connectivity index (χ2v) is 5.76. The molecule has 2 rings (SSSR count). The van der Waals surface area contributed by atoms with Crippen LogP contribution in [0.25, 0.3) is 0 Å². The summed E-state index contributed by atoms with van der Waals surface area (Å²) in [6, 6.07) is 0. The zero-order valence-electron chi connectivity index (χ0n) is 9.47. The van der Waals surface area contributed by atoms with Crippen molar-refractivity contribution in [2.45, 2.75) is 51.4 Å². The maximum absolute atomic E-state index is 6.16. The van der Waals surface area contributed by atoms with Gasteiger partial charge in [0.15, 0.2) is 0 Å². The van der Waals surface area contributed by atoms with Crippen LogP contribution in [0.1, 0.15) is 56.5 Å². The molecule has 0 N–H and O–H groups in total. The number of rotatable bonds is 2. The molecule has 1 saturated carbocycles. The van der Waals surface area contributed by atoms with Crippen LogP contribution >= 0.6 is 34.2 Å². The number of aromatic nitrogens is 2. The lowest BCUT2D eigenvalue weighted by Crippen LogP contribution is -2.11. The quantitative estimate of drug-likeness (QED) is 0.585. The minimum atomic E-state index is 0.536. The first-order chi connectivity index (χ1) is 7.72. The molecule has 1 aromatic rings. The predicted octanol–water partition coefficient (Wildman–Crippen LogP) is 4.34. The average molecular weight is 351 g/mol. The molecular formula is C12H16ClIN2. The molecule has 0 amide bonds. The number of hydrogen-bond acceptors (Lipinski definition) is 2. The van der Waals surface area contributed by atoms with Gasteiger partial charge in [0.1, 0.15) is 11.0 Å². The highest BCUT2D eigenvalue weighted by Gasteiger charge is 2.20. The summed E-state index contributed by atoms with van der Waals surface area (Å²) in [5, 5.41) is 0.632. The number of aryl methyl sites for hydroxylation is 1. The molecule has 16 heavy (non-hydrogen) atoms. The van der Waals surface area contributed by atoms with E-state index in [-0.39, 0.29) is 0 Å². The van der Waals surface area contributed by atoms with Crippen LogP contribution < -0.4 is 0 Å².